The molecule has 12 heteroatoms. The Labute approximate surface area is 222 Å². The van der Waals surface area contributed by atoms with Gasteiger partial charge >= 0.3 is 11.9 Å². The van der Waals surface area contributed by atoms with Crippen molar-refractivity contribution in [1.82, 2.24) is 19.9 Å². The van der Waals surface area contributed by atoms with Crippen LogP contribution in [0, 0.1) is 0 Å². The van der Waals surface area contributed by atoms with E-state index in [4.69, 9.17) is 19.4 Å². The van der Waals surface area contributed by atoms with Crippen LogP contribution in [-0.2, 0) is 14.9 Å². The minimum atomic E-state index is -0.967. The number of anilines is 4. The van der Waals surface area contributed by atoms with Gasteiger partial charge in [0.2, 0.25) is 0 Å². The fourth-order valence-electron chi connectivity index (χ4n) is 3.47. The average molecular weight is 539 g/mol. The smallest absolute Gasteiger partial charge is 0.350 e. The van der Waals surface area contributed by atoms with Crippen molar-refractivity contribution in [2.45, 2.75) is 33.1 Å². The number of nitrogens with one attached hydrogen (secondary N) is 2. The molecule has 0 aliphatic heterocycles. The minimum Gasteiger partial charge on any atom is -0.462 e. The summed E-state index contributed by atoms with van der Waals surface area (Å²) in [4.78, 5) is 44.6. The Morgan fingerprint density at radius 1 is 0.784 bits per heavy atom. The molecule has 4 rings (SSSR count). The summed E-state index contributed by atoms with van der Waals surface area (Å²) in [7, 11) is 0. The largest absolute Gasteiger partial charge is 0.462 e. The molecule has 0 unspecified atom stereocenters. The van der Waals surface area contributed by atoms with Crippen molar-refractivity contribution < 1.29 is 19.1 Å². The SMILES string of the molecule is CCOC(=O)c1sc(Nc2ccccn2)nc1C(C)(C)c1nc(Nc2ccccn2)sc1C(=O)OCC. The molecule has 0 fully saturated rings. The van der Waals surface area contributed by atoms with E-state index in [1.54, 1.807) is 50.5 Å². The number of nitrogens with zero attached hydrogens (tertiary/aromatic N) is 4. The molecule has 37 heavy (non-hydrogen) atoms. The summed E-state index contributed by atoms with van der Waals surface area (Å²) in [6.07, 6.45) is 3.31. The van der Waals surface area contributed by atoms with Crippen LogP contribution in [0.25, 0.3) is 0 Å². The number of carbonyl (C=O) groups excluding carboxylic acids is 2. The summed E-state index contributed by atoms with van der Waals surface area (Å²) < 4.78 is 10.6. The number of carbonyl (C=O) groups is 2. The predicted octanol–water partition coefficient (Wildman–Crippen LogP) is 5.56. The molecule has 192 valence electrons. The Bertz CT molecular complexity index is 1270. The highest BCUT2D eigenvalue weighted by Crippen LogP contribution is 2.42. The van der Waals surface area contributed by atoms with Crippen molar-refractivity contribution in [3.8, 4) is 0 Å². The molecule has 0 aliphatic rings. The number of esters is 2. The lowest BCUT2D eigenvalue weighted by Gasteiger charge is -2.23. The summed E-state index contributed by atoms with van der Waals surface area (Å²) in [6.45, 7) is 7.62. The highest BCUT2D eigenvalue weighted by atomic mass is 32.1. The lowest BCUT2D eigenvalue weighted by Crippen LogP contribution is -2.26. The second-order valence-electron chi connectivity index (χ2n) is 8.14. The van der Waals surface area contributed by atoms with Crippen LogP contribution in [0.2, 0.25) is 0 Å². The molecular formula is C25H26N6O4S2. The van der Waals surface area contributed by atoms with Gasteiger partial charge in [0, 0.05) is 12.4 Å². The Kier molecular flexibility index (Phi) is 8.09. The molecule has 0 spiro atoms. The van der Waals surface area contributed by atoms with Crippen LogP contribution in [-0.4, -0.2) is 45.1 Å². The summed E-state index contributed by atoms with van der Waals surface area (Å²) in [5.41, 5.74) is -0.116. The highest BCUT2D eigenvalue weighted by molar-refractivity contribution is 7.18. The molecule has 0 bridgehead atoms. The van der Waals surface area contributed by atoms with E-state index in [0.29, 0.717) is 43.0 Å². The lowest BCUT2D eigenvalue weighted by molar-refractivity contribution is 0.0522. The van der Waals surface area contributed by atoms with Gasteiger partial charge in [-0.1, -0.05) is 34.8 Å². The zero-order valence-electron chi connectivity index (χ0n) is 20.8. The zero-order valence-corrected chi connectivity index (χ0v) is 22.4. The van der Waals surface area contributed by atoms with E-state index >= 15 is 0 Å². The van der Waals surface area contributed by atoms with Gasteiger partial charge in [0.25, 0.3) is 0 Å². The van der Waals surface area contributed by atoms with Crippen LogP contribution in [0.1, 0.15) is 58.4 Å². The van der Waals surface area contributed by atoms with E-state index in [9.17, 15) is 9.59 Å². The van der Waals surface area contributed by atoms with Gasteiger partial charge in [-0.2, -0.15) is 0 Å². The topological polar surface area (TPSA) is 128 Å². The second kappa shape index (κ2) is 11.4. The van der Waals surface area contributed by atoms with Gasteiger partial charge in [-0.25, -0.2) is 29.5 Å². The lowest BCUT2D eigenvalue weighted by atomic mass is 9.84. The third-order valence-electron chi connectivity index (χ3n) is 5.16. The van der Waals surface area contributed by atoms with E-state index in [1.807, 2.05) is 26.0 Å². The fraction of sp³-hybridized carbons (Fsp3) is 0.280. The van der Waals surface area contributed by atoms with Crippen molar-refractivity contribution in [3.05, 3.63) is 69.9 Å². The second-order valence-corrected chi connectivity index (χ2v) is 10.1. The average Bonchev–Trinajstić information content (AvgIpc) is 3.51. The van der Waals surface area contributed by atoms with E-state index in [-0.39, 0.29) is 13.2 Å². The first-order valence-corrected chi connectivity index (χ1v) is 13.2. The van der Waals surface area contributed by atoms with Crippen LogP contribution in [0.3, 0.4) is 0 Å². The minimum absolute atomic E-state index is 0.211. The number of rotatable bonds is 10. The Morgan fingerprint density at radius 2 is 1.22 bits per heavy atom. The Balaban J connectivity index is 1.79. The van der Waals surface area contributed by atoms with Crippen LogP contribution < -0.4 is 10.6 Å². The molecule has 2 N–H and O–H groups in total. The molecule has 0 radical (unpaired) electrons. The molecule has 10 nitrogen and oxygen atoms in total. The van der Waals surface area contributed by atoms with Crippen LogP contribution >= 0.6 is 22.7 Å². The molecule has 0 aliphatic carbocycles. The molecular weight excluding hydrogens is 512 g/mol. The highest BCUT2D eigenvalue weighted by Gasteiger charge is 2.39. The van der Waals surface area contributed by atoms with Gasteiger partial charge in [0.05, 0.1) is 30.0 Å². The molecule has 0 saturated heterocycles. The summed E-state index contributed by atoms with van der Waals surface area (Å²) >= 11 is 2.31. The zero-order chi connectivity index (χ0) is 26.4. The van der Waals surface area contributed by atoms with Gasteiger partial charge in [-0.3, -0.25) is 0 Å². The summed E-state index contributed by atoms with van der Waals surface area (Å²) in [5, 5.41) is 7.20. The molecule has 4 aromatic heterocycles. The van der Waals surface area contributed by atoms with E-state index in [1.165, 1.54) is 0 Å². The maximum atomic E-state index is 13.0. The molecule has 0 saturated carbocycles. The van der Waals surface area contributed by atoms with Crippen LogP contribution in [0.4, 0.5) is 21.9 Å². The maximum absolute atomic E-state index is 13.0. The first-order chi connectivity index (χ1) is 17.8. The van der Waals surface area contributed by atoms with Crippen molar-refractivity contribution in [1.29, 1.82) is 0 Å². The van der Waals surface area contributed by atoms with Gasteiger partial charge in [-0.15, -0.1) is 0 Å². The number of pyridine rings is 2. The Hall–Kier alpha value is -3.90. The monoisotopic (exact) mass is 538 g/mol. The van der Waals surface area contributed by atoms with E-state index in [0.717, 1.165) is 22.7 Å². The summed E-state index contributed by atoms with van der Waals surface area (Å²) in [6, 6.07) is 10.9. The fourth-order valence-corrected chi connectivity index (χ4v) is 5.52. The third-order valence-corrected chi connectivity index (χ3v) is 7.06. The number of aromatic nitrogens is 4. The first kappa shape index (κ1) is 26.2. The summed E-state index contributed by atoms with van der Waals surface area (Å²) in [5.74, 6) is 0.159. The normalized spacial score (nSPS) is 11.1. The van der Waals surface area contributed by atoms with Gasteiger partial charge in [0.15, 0.2) is 10.3 Å². The van der Waals surface area contributed by atoms with Gasteiger partial charge < -0.3 is 20.1 Å². The van der Waals surface area contributed by atoms with Crippen molar-refractivity contribution >= 4 is 56.5 Å². The van der Waals surface area contributed by atoms with E-state index in [2.05, 4.69) is 20.6 Å². The molecule has 0 aromatic carbocycles. The Morgan fingerprint density at radius 3 is 1.57 bits per heavy atom. The van der Waals surface area contributed by atoms with Crippen LogP contribution in [0.5, 0.6) is 0 Å². The molecule has 4 heterocycles. The number of hydrogen-bond acceptors (Lipinski definition) is 12. The number of hydrogen-bond donors (Lipinski definition) is 2. The first-order valence-electron chi connectivity index (χ1n) is 11.6. The van der Waals surface area contributed by atoms with E-state index < -0.39 is 17.4 Å². The van der Waals surface area contributed by atoms with Crippen molar-refractivity contribution in [2.24, 2.45) is 0 Å². The third kappa shape index (κ3) is 5.92. The molecule has 0 atom stereocenters. The molecule has 4 aromatic rings. The van der Waals surface area contributed by atoms with Crippen molar-refractivity contribution in [3.63, 3.8) is 0 Å². The quantitative estimate of drug-likeness (QED) is 0.248. The van der Waals surface area contributed by atoms with Gasteiger partial charge in [-0.05, 0) is 52.0 Å². The number of ether oxygens (including phenoxy) is 2. The van der Waals surface area contributed by atoms with Crippen LogP contribution in [0.15, 0.2) is 48.8 Å². The standard InChI is InChI=1S/C25H26N6O4S2/c1-5-34-21(32)17-19(30-23(36-17)28-15-11-7-9-13-26-15)25(3,4)20-18(22(33)35-6-2)37-24(31-20)29-16-12-8-10-14-27-16/h7-14H,5-6H2,1-4H3,(H,26,28,30)(H,27,29,31). The maximum Gasteiger partial charge on any atom is 0.350 e. The van der Waals surface area contributed by atoms with Gasteiger partial charge in [0.1, 0.15) is 21.4 Å². The van der Waals surface area contributed by atoms with Crippen molar-refractivity contribution in [2.75, 3.05) is 23.8 Å². The molecule has 0 amide bonds. The predicted molar refractivity (Wildman–Crippen MR) is 143 cm³/mol. The number of thiazole rings is 2.